The monoisotopic (exact) mass is 414 g/mol. The second-order valence-electron chi connectivity index (χ2n) is 7.01. The van der Waals surface area contributed by atoms with Crippen LogP contribution in [0.15, 0.2) is 21.8 Å². The van der Waals surface area contributed by atoms with Crippen LogP contribution in [0.5, 0.6) is 0 Å². The fourth-order valence-corrected chi connectivity index (χ4v) is 4.04. The van der Waals surface area contributed by atoms with Gasteiger partial charge in [0.05, 0.1) is 5.69 Å². The van der Waals surface area contributed by atoms with Gasteiger partial charge in [0.25, 0.3) is 0 Å². The minimum absolute atomic E-state index is 0.0520. The lowest BCUT2D eigenvalue weighted by Crippen LogP contribution is -2.55. The van der Waals surface area contributed by atoms with E-state index in [0.29, 0.717) is 37.8 Å². The summed E-state index contributed by atoms with van der Waals surface area (Å²) in [5.74, 6) is 0.378. The summed E-state index contributed by atoms with van der Waals surface area (Å²) < 4.78 is 31.3. The highest BCUT2D eigenvalue weighted by Crippen LogP contribution is 2.13. The van der Waals surface area contributed by atoms with Crippen LogP contribution in [-0.2, 0) is 20.6 Å². The maximum atomic E-state index is 12.6. The van der Waals surface area contributed by atoms with Crippen LogP contribution in [0.3, 0.4) is 0 Å². The number of carbonyl (C=O) groups is 1. The van der Waals surface area contributed by atoms with Crippen molar-refractivity contribution in [2.45, 2.75) is 32.1 Å². The summed E-state index contributed by atoms with van der Waals surface area (Å²) in [5.41, 5.74) is 0.394. The van der Waals surface area contributed by atoms with Crippen molar-refractivity contribution in [3.8, 4) is 0 Å². The van der Waals surface area contributed by atoms with Crippen LogP contribution < -0.4 is 5.32 Å². The molecular weight excluding hydrogens is 384 g/mol. The molecule has 1 amide bonds. The predicted molar refractivity (Wildman–Crippen MR) is 106 cm³/mol. The van der Waals surface area contributed by atoms with E-state index in [1.54, 1.807) is 20.2 Å². The van der Waals surface area contributed by atoms with E-state index in [4.69, 9.17) is 4.52 Å². The molecule has 1 aromatic rings. The summed E-state index contributed by atoms with van der Waals surface area (Å²) in [5, 5.41) is 7.02. The Labute approximate surface area is 166 Å². The van der Waals surface area contributed by atoms with Crippen molar-refractivity contribution in [2.75, 3.05) is 46.8 Å². The molecule has 1 aliphatic rings. The Hall–Kier alpha value is -2.14. The van der Waals surface area contributed by atoms with E-state index < -0.39 is 10.0 Å². The van der Waals surface area contributed by atoms with E-state index in [-0.39, 0.29) is 24.2 Å². The standard InChI is InChI=1S/C17H30N6O4S/c1-5-14(2)19-17(18-12-16(24)21(3)4)22-7-9-23(10-8-22)28(25,26)13-15-6-11-27-20-15/h6,11,14H,5,7-10,12-13H2,1-4H3,(H,18,19). The van der Waals surface area contributed by atoms with E-state index in [1.807, 2.05) is 11.8 Å². The van der Waals surface area contributed by atoms with Gasteiger partial charge in [-0.15, -0.1) is 0 Å². The summed E-state index contributed by atoms with van der Waals surface area (Å²) in [6, 6.07) is 1.75. The minimum Gasteiger partial charge on any atom is -0.364 e. The number of carbonyl (C=O) groups excluding carboxylic acids is 1. The maximum absolute atomic E-state index is 12.6. The molecule has 1 aliphatic heterocycles. The largest absolute Gasteiger partial charge is 0.364 e. The zero-order valence-corrected chi connectivity index (χ0v) is 17.8. The molecule has 28 heavy (non-hydrogen) atoms. The SMILES string of the molecule is CCC(C)NC(=NCC(=O)N(C)C)N1CCN(S(=O)(=O)Cc2ccon2)CC1. The van der Waals surface area contributed by atoms with Crippen molar-refractivity contribution in [3.63, 3.8) is 0 Å². The number of nitrogens with one attached hydrogen (secondary N) is 1. The molecule has 2 rings (SSSR count). The Morgan fingerprint density at radius 1 is 1.36 bits per heavy atom. The highest BCUT2D eigenvalue weighted by Gasteiger charge is 2.29. The van der Waals surface area contributed by atoms with E-state index in [0.717, 1.165) is 6.42 Å². The first-order valence-corrected chi connectivity index (χ1v) is 11.0. The number of hydrogen-bond donors (Lipinski definition) is 1. The first kappa shape index (κ1) is 22.2. The van der Waals surface area contributed by atoms with Gasteiger partial charge in [0, 0.05) is 52.4 Å². The van der Waals surface area contributed by atoms with E-state index in [2.05, 4.69) is 22.4 Å². The van der Waals surface area contributed by atoms with Crippen LogP contribution in [0.25, 0.3) is 0 Å². The zero-order chi connectivity index (χ0) is 20.7. The number of rotatable bonds is 7. The van der Waals surface area contributed by atoms with Crippen LogP contribution in [0, 0.1) is 0 Å². The molecule has 1 aromatic heterocycles. The average Bonchev–Trinajstić information content (AvgIpc) is 3.16. The highest BCUT2D eigenvalue weighted by molar-refractivity contribution is 7.88. The molecule has 0 aliphatic carbocycles. The van der Waals surface area contributed by atoms with Gasteiger partial charge in [-0.25, -0.2) is 13.4 Å². The lowest BCUT2D eigenvalue weighted by atomic mass is 10.2. The third-order valence-corrected chi connectivity index (χ3v) is 6.42. The second kappa shape index (κ2) is 9.87. The maximum Gasteiger partial charge on any atom is 0.243 e. The van der Waals surface area contributed by atoms with Crippen LogP contribution in [0.1, 0.15) is 26.0 Å². The molecule has 2 heterocycles. The quantitative estimate of drug-likeness (QED) is 0.492. The van der Waals surface area contributed by atoms with Crippen LogP contribution in [0.4, 0.5) is 0 Å². The molecule has 0 spiro atoms. The number of hydrogen-bond acceptors (Lipinski definition) is 6. The molecule has 1 atom stereocenters. The number of amides is 1. The summed E-state index contributed by atoms with van der Waals surface area (Å²) in [6.45, 7) is 5.85. The molecular formula is C17H30N6O4S. The Morgan fingerprint density at radius 3 is 2.57 bits per heavy atom. The van der Waals surface area contributed by atoms with Crippen LogP contribution in [-0.4, -0.2) is 92.4 Å². The Kier molecular flexibility index (Phi) is 7.81. The third-order valence-electron chi connectivity index (χ3n) is 4.60. The van der Waals surface area contributed by atoms with Gasteiger partial charge in [0.1, 0.15) is 18.6 Å². The molecule has 1 saturated heterocycles. The van der Waals surface area contributed by atoms with Gasteiger partial charge in [0.2, 0.25) is 15.9 Å². The van der Waals surface area contributed by atoms with Crippen molar-refractivity contribution in [1.29, 1.82) is 0 Å². The number of nitrogens with zero attached hydrogens (tertiary/aromatic N) is 5. The number of aliphatic imine (C=N–C) groups is 1. The first-order valence-electron chi connectivity index (χ1n) is 9.36. The van der Waals surface area contributed by atoms with Gasteiger partial charge < -0.3 is 19.6 Å². The van der Waals surface area contributed by atoms with Crippen molar-refractivity contribution in [3.05, 3.63) is 18.0 Å². The lowest BCUT2D eigenvalue weighted by Gasteiger charge is -2.36. The van der Waals surface area contributed by atoms with Gasteiger partial charge in [-0.1, -0.05) is 12.1 Å². The molecule has 11 heteroatoms. The number of aromatic nitrogens is 1. The molecule has 0 saturated carbocycles. The third kappa shape index (κ3) is 6.20. The molecule has 10 nitrogen and oxygen atoms in total. The second-order valence-corrected chi connectivity index (χ2v) is 8.98. The number of likely N-dealkylation sites (N-methyl/N-ethyl adjacent to an activating group) is 1. The average molecular weight is 415 g/mol. The topological polar surface area (TPSA) is 111 Å². The Balaban J connectivity index is 2.01. The molecule has 0 bridgehead atoms. The van der Waals surface area contributed by atoms with Gasteiger partial charge in [-0.2, -0.15) is 4.31 Å². The highest BCUT2D eigenvalue weighted by atomic mass is 32.2. The van der Waals surface area contributed by atoms with Crippen molar-refractivity contribution < 1.29 is 17.7 Å². The van der Waals surface area contributed by atoms with Gasteiger partial charge in [-0.05, 0) is 13.3 Å². The smallest absolute Gasteiger partial charge is 0.243 e. The summed E-state index contributed by atoms with van der Waals surface area (Å²) in [7, 11) is -0.0718. The zero-order valence-electron chi connectivity index (χ0n) is 17.0. The van der Waals surface area contributed by atoms with Crippen molar-refractivity contribution in [1.82, 2.24) is 24.6 Å². The number of sulfonamides is 1. The Bertz CT molecular complexity index is 755. The fraction of sp³-hybridized carbons (Fsp3) is 0.706. The molecule has 0 aromatic carbocycles. The molecule has 1 N–H and O–H groups in total. The molecule has 0 radical (unpaired) electrons. The Morgan fingerprint density at radius 2 is 2.04 bits per heavy atom. The van der Waals surface area contributed by atoms with E-state index >= 15 is 0 Å². The van der Waals surface area contributed by atoms with Crippen molar-refractivity contribution in [2.24, 2.45) is 4.99 Å². The molecule has 158 valence electrons. The fourth-order valence-electron chi connectivity index (χ4n) is 2.61. The summed E-state index contributed by atoms with van der Waals surface area (Å²) in [6.07, 6.45) is 2.27. The van der Waals surface area contributed by atoms with Crippen molar-refractivity contribution >= 4 is 21.9 Å². The van der Waals surface area contributed by atoms with Gasteiger partial charge >= 0.3 is 0 Å². The normalized spacial score (nSPS) is 17.4. The van der Waals surface area contributed by atoms with Gasteiger partial charge in [-0.3, -0.25) is 4.79 Å². The van der Waals surface area contributed by atoms with E-state index in [9.17, 15) is 13.2 Å². The van der Waals surface area contributed by atoms with Crippen LogP contribution in [0.2, 0.25) is 0 Å². The van der Waals surface area contributed by atoms with Gasteiger partial charge in [0.15, 0.2) is 5.96 Å². The van der Waals surface area contributed by atoms with Crippen LogP contribution >= 0.6 is 0 Å². The predicted octanol–water partition coefficient (Wildman–Crippen LogP) is -0.0457. The summed E-state index contributed by atoms with van der Waals surface area (Å²) >= 11 is 0. The minimum atomic E-state index is -3.46. The summed E-state index contributed by atoms with van der Waals surface area (Å²) in [4.78, 5) is 19.8. The lowest BCUT2D eigenvalue weighted by molar-refractivity contribution is -0.127. The molecule has 1 fully saturated rings. The number of guanidine groups is 1. The molecule has 1 unspecified atom stereocenters. The van der Waals surface area contributed by atoms with E-state index in [1.165, 1.54) is 15.5 Å². The number of piperazine rings is 1. The first-order chi connectivity index (χ1) is 13.2.